The van der Waals surface area contributed by atoms with Crippen LogP contribution < -0.4 is 0 Å². The number of fused-ring (bicyclic) bond motifs is 1. The van der Waals surface area contributed by atoms with Gasteiger partial charge in [-0.15, -0.1) is 0 Å². The second kappa shape index (κ2) is 4.44. The normalized spacial score (nSPS) is 10.8. The third-order valence-electron chi connectivity index (χ3n) is 2.81. The van der Waals surface area contributed by atoms with Gasteiger partial charge in [0.15, 0.2) is 11.9 Å². The Hall–Kier alpha value is -2.27. The number of hydrogen-bond donors (Lipinski definition) is 0. The average Bonchev–Trinajstić information content (AvgIpc) is 2.84. The molecular formula is C13H9ClN4O. The summed E-state index contributed by atoms with van der Waals surface area (Å²) >= 11 is 6.08. The predicted octanol–water partition coefficient (Wildman–Crippen LogP) is 2.50. The number of aldehydes is 1. The first-order valence-corrected chi connectivity index (χ1v) is 5.96. The fourth-order valence-electron chi connectivity index (χ4n) is 1.92. The highest BCUT2D eigenvalue weighted by Gasteiger charge is 2.12. The monoisotopic (exact) mass is 272 g/mol. The van der Waals surface area contributed by atoms with Crippen LogP contribution in [0.2, 0.25) is 5.02 Å². The molecule has 19 heavy (non-hydrogen) atoms. The van der Waals surface area contributed by atoms with Crippen molar-refractivity contribution in [2.75, 3.05) is 0 Å². The molecule has 0 atom stereocenters. The van der Waals surface area contributed by atoms with Crippen molar-refractivity contribution in [3.8, 4) is 11.3 Å². The molecule has 3 aromatic heterocycles. The second-order valence-corrected chi connectivity index (χ2v) is 4.52. The van der Waals surface area contributed by atoms with Gasteiger partial charge in [0.05, 0.1) is 16.9 Å². The van der Waals surface area contributed by atoms with E-state index in [1.165, 1.54) is 0 Å². The summed E-state index contributed by atoms with van der Waals surface area (Å²) in [6.07, 6.45) is 5.81. The molecule has 0 radical (unpaired) electrons. The van der Waals surface area contributed by atoms with E-state index in [2.05, 4.69) is 15.1 Å². The van der Waals surface area contributed by atoms with E-state index in [0.717, 1.165) is 11.8 Å². The van der Waals surface area contributed by atoms with Gasteiger partial charge in [-0.1, -0.05) is 11.6 Å². The molecule has 0 N–H and O–H groups in total. The molecule has 0 unspecified atom stereocenters. The number of halogens is 1. The van der Waals surface area contributed by atoms with Gasteiger partial charge in [-0.2, -0.15) is 5.10 Å². The Morgan fingerprint density at radius 1 is 1.42 bits per heavy atom. The Morgan fingerprint density at radius 3 is 2.95 bits per heavy atom. The Morgan fingerprint density at radius 2 is 2.26 bits per heavy atom. The van der Waals surface area contributed by atoms with Crippen LogP contribution in [0, 0.1) is 0 Å². The van der Waals surface area contributed by atoms with Gasteiger partial charge in [0.2, 0.25) is 0 Å². The van der Waals surface area contributed by atoms with Gasteiger partial charge in [0.25, 0.3) is 0 Å². The zero-order chi connectivity index (χ0) is 13.4. The number of nitrogens with zero attached hydrogens (tertiary/aromatic N) is 4. The van der Waals surface area contributed by atoms with E-state index in [1.54, 1.807) is 42.5 Å². The van der Waals surface area contributed by atoms with Crippen LogP contribution in [0.1, 0.15) is 10.4 Å². The average molecular weight is 273 g/mol. The van der Waals surface area contributed by atoms with E-state index in [1.807, 2.05) is 0 Å². The minimum absolute atomic E-state index is 0.468. The molecule has 3 rings (SSSR count). The standard InChI is InChI=1S/C13H9ClN4O/c1-18-6-9(5-16-18)12-8(7-19)4-10-11(14)2-3-15-13(10)17-12/h2-7H,1H3. The van der Waals surface area contributed by atoms with E-state index in [0.29, 0.717) is 27.3 Å². The molecule has 3 heterocycles. The molecule has 0 saturated heterocycles. The van der Waals surface area contributed by atoms with E-state index in [9.17, 15) is 4.79 Å². The summed E-state index contributed by atoms with van der Waals surface area (Å²) < 4.78 is 1.65. The first-order valence-electron chi connectivity index (χ1n) is 5.58. The fraction of sp³-hybridized carbons (Fsp3) is 0.0769. The molecule has 0 aliphatic heterocycles. The lowest BCUT2D eigenvalue weighted by atomic mass is 10.1. The van der Waals surface area contributed by atoms with Crippen LogP contribution in [-0.4, -0.2) is 26.0 Å². The number of aromatic nitrogens is 4. The van der Waals surface area contributed by atoms with Crippen LogP contribution in [0.3, 0.4) is 0 Å². The molecule has 0 bridgehead atoms. The van der Waals surface area contributed by atoms with Crippen molar-refractivity contribution in [3.05, 3.63) is 41.3 Å². The molecule has 3 aromatic rings. The van der Waals surface area contributed by atoms with Crippen molar-refractivity contribution in [1.29, 1.82) is 0 Å². The largest absolute Gasteiger partial charge is 0.298 e. The van der Waals surface area contributed by atoms with Crippen LogP contribution in [0.25, 0.3) is 22.3 Å². The number of rotatable bonds is 2. The summed E-state index contributed by atoms with van der Waals surface area (Å²) in [5.41, 5.74) is 2.31. The summed E-state index contributed by atoms with van der Waals surface area (Å²) in [5, 5.41) is 5.27. The summed E-state index contributed by atoms with van der Waals surface area (Å²) in [7, 11) is 1.81. The van der Waals surface area contributed by atoms with Gasteiger partial charge in [-0.05, 0) is 12.1 Å². The summed E-state index contributed by atoms with van der Waals surface area (Å²) in [5.74, 6) is 0. The molecule has 94 valence electrons. The SMILES string of the molecule is Cn1cc(-c2nc3nccc(Cl)c3cc2C=O)cn1. The maximum absolute atomic E-state index is 11.2. The summed E-state index contributed by atoms with van der Waals surface area (Å²) in [6.45, 7) is 0. The van der Waals surface area contributed by atoms with Crippen LogP contribution >= 0.6 is 11.6 Å². The van der Waals surface area contributed by atoms with E-state index >= 15 is 0 Å². The Kier molecular flexibility index (Phi) is 2.76. The highest BCUT2D eigenvalue weighted by atomic mass is 35.5. The van der Waals surface area contributed by atoms with Gasteiger partial charge in [0, 0.05) is 36.0 Å². The van der Waals surface area contributed by atoms with E-state index in [-0.39, 0.29) is 0 Å². The number of carbonyl (C=O) groups excluding carboxylic acids is 1. The molecule has 5 nitrogen and oxygen atoms in total. The minimum atomic E-state index is 0.468. The van der Waals surface area contributed by atoms with Crippen molar-refractivity contribution in [2.45, 2.75) is 0 Å². The van der Waals surface area contributed by atoms with Crippen LogP contribution in [0.15, 0.2) is 30.7 Å². The fourth-order valence-corrected chi connectivity index (χ4v) is 2.12. The Balaban J connectivity index is 2.32. The van der Waals surface area contributed by atoms with E-state index in [4.69, 9.17) is 11.6 Å². The van der Waals surface area contributed by atoms with Crippen molar-refractivity contribution in [2.24, 2.45) is 7.05 Å². The minimum Gasteiger partial charge on any atom is -0.298 e. The van der Waals surface area contributed by atoms with Gasteiger partial charge < -0.3 is 0 Å². The zero-order valence-electron chi connectivity index (χ0n) is 10.0. The number of pyridine rings is 2. The van der Waals surface area contributed by atoms with Crippen LogP contribution in [0.5, 0.6) is 0 Å². The quantitative estimate of drug-likeness (QED) is 0.673. The summed E-state index contributed by atoms with van der Waals surface area (Å²) in [4.78, 5) is 19.8. The Labute approximate surface area is 113 Å². The van der Waals surface area contributed by atoms with Gasteiger partial charge in [-0.3, -0.25) is 9.48 Å². The van der Waals surface area contributed by atoms with Crippen molar-refractivity contribution in [3.63, 3.8) is 0 Å². The lowest BCUT2D eigenvalue weighted by Gasteiger charge is -2.05. The first kappa shape index (κ1) is 11.8. The molecule has 0 aromatic carbocycles. The van der Waals surface area contributed by atoms with Crippen molar-refractivity contribution < 1.29 is 4.79 Å². The Bertz CT molecular complexity index is 781. The summed E-state index contributed by atoms with van der Waals surface area (Å²) in [6, 6.07) is 3.37. The number of hydrogen-bond acceptors (Lipinski definition) is 4. The van der Waals surface area contributed by atoms with E-state index < -0.39 is 0 Å². The zero-order valence-corrected chi connectivity index (χ0v) is 10.8. The highest BCUT2D eigenvalue weighted by molar-refractivity contribution is 6.35. The molecule has 0 aliphatic rings. The number of carbonyl (C=O) groups is 1. The van der Waals surface area contributed by atoms with Gasteiger partial charge in [0.1, 0.15) is 0 Å². The number of aryl methyl sites for hydroxylation is 1. The molecule has 0 fully saturated rings. The molecule has 0 saturated carbocycles. The van der Waals surface area contributed by atoms with Gasteiger partial charge >= 0.3 is 0 Å². The maximum Gasteiger partial charge on any atom is 0.161 e. The molecule has 6 heteroatoms. The first-order chi connectivity index (χ1) is 9.19. The molecular weight excluding hydrogens is 264 g/mol. The smallest absolute Gasteiger partial charge is 0.161 e. The topological polar surface area (TPSA) is 60.7 Å². The third-order valence-corrected chi connectivity index (χ3v) is 3.14. The predicted molar refractivity (Wildman–Crippen MR) is 72.1 cm³/mol. The molecule has 0 spiro atoms. The van der Waals surface area contributed by atoms with Crippen LogP contribution in [0.4, 0.5) is 0 Å². The van der Waals surface area contributed by atoms with Gasteiger partial charge in [-0.25, -0.2) is 9.97 Å². The van der Waals surface area contributed by atoms with Crippen LogP contribution in [-0.2, 0) is 7.05 Å². The lowest BCUT2D eigenvalue weighted by Crippen LogP contribution is -1.94. The van der Waals surface area contributed by atoms with Crippen molar-refractivity contribution >= 4 is 28.9 Å². The maximum atomic E-state index is 11.2. The third kappa shape index (κ3) is 1.98. The lowest BCUT2D eigenvalue weighted by molar-refractivity contribution is 0.112. The second-order valence-electron chi connectivity index (χ2n) is 4.11. The van der Waals surface area contributed by atoms with Crippen molar-refractivity contribution in [1.82, 2.24) is 19.7 Å². The highest BCUT2D eigenvalue weighted by Crippen LogP contribution is 2.27. The molecule has 0 aliphatic carbocycles. The molecule has 0 amide bonds.